The van der Waals surface area contributed by atoms with Gasteiger partial charge in [0.25, 0.3) is 0 Å². The highest BCUT2D eigenvalue weighted by Gasteiger charge is 2.68. The fraction of sp³-hybridized carbons (Fsp3) is 0.900. The van der Waals surface area contributed by atoms with Crippen LogP contribution in [-0.4, -0.2) is 33.5 Å². The Morgan fingerprint density at radius 2 is 1.75 bits per heavy atom. The van der Waals surface area contributed by atoms with Crippen molar-refractivity contribution in [2.45, 2.75) is 85.4 Å². The number of aliphatic hydroxyl groups excluding tert-OH is 1. The number of ketones is 2. The van der Waals surface area contributed by atoms with Crippen molar-refractivity contribution in [2.24, 2.45) is 28.6 Å². The van der Waals surface area contributed by atoms with Crippen molar-refractivity contribution in [3.63, 3.8) is 0 Å². The molecule has 138 valence electrons. The molecule has 2 rings (SSSR count). The predicted molar refractivity (Wildman–Crippen MR) is 93.4 cm³/mol. The topological polar surface area (TPSA) is 74.6 Å². The van der Waals surface area contributed by atoms with Crippen LogP contribution in [0.15, 0.2) is 0 Å². The van der Waals surface area contributed by atoms with Gasteiger partial charge in [-0.3, -0.25) is 9.59 Å². The van der Waals surface area contributed by atoms with Gasteiger partial charge in [0.1, 0.15) is 5.60 Å². The normalized spacial score (nSPS) is 42.9. The van der Waals surface area contributed by atoms with Crippen LogP contribution in [0.1, 0.15) is 73.6 Å². The summed E-state index contributed by atoms with van der Waals surface area (Å²) < 4.78 is 0. The van der Waals surface area contributed by atoms with E-state index in [-0.39, 0.29) is 17.3 Å². The van der Waals surface area contributed by atoms with Crippen LogP contribution in [-0.2, 0) is 9.59 Å². The maximum atomic E-state index is 13.1. The number of aliphatic hydroxyl groups is 2. The van der Waals surface area contributed by atoms with Crippen LogP contribution in [0.3, 0.4) is 0 Å². The number of carbonyl (C=O) groups excluding carboxylic acids is 2. The minimum atomic E-state index is -1.78. The van der Waals surface area contributed by atoms with Gasteiger partial charge in [-0.2, -0.15) is 0 Å². The Kier molecular flexibility index (Phi) is 5.06. The summed E-state index contributed by atoms with van der Waals surface area (Å²) in [4.78, 5) is 25.8. The first-order valence-corrected chi connectivity index (χ1v) is 9.43. The zero-order valence-corrected chi connectivity index (χ0v) is 16.1. The molecule has 4 nitrogen and oxygen atoms in total. The number of hydrogen-bond donors (Lipinski definition) is 2. The predicted octanol–water partition coefficient (Wildman–Crippen LogP) is 3.14. The molecular formula is C20H34O4. The summed E-state index contributed by atoms with van der Waals surface area (Å²) in [7, 11) is 0. The molecule has 0 saturated heterocycles. The third-order valence-corrected chi connectivity index (χ3v) is 7.47. The number of carbonyl (C=O) groups is 2. The van der Waals surface area contributed by atoms with E-state index < -0.39 is 34.6 Å². The van der Waals surface area contributed by atoms with E-state index in [0.29, 0.717) is 19.3 Å². The van der Waals surface area contributed by atoms with Gasteiger partial charge < -0.3 is 10.2 Å². The number of hydrogen-bond acceptors (Lipinski definition) is 4. The van der Waals surface area contributed by atoms with E-state index in [1.807, 2.05) is 20.8 Å². The standard InChI is InChI=1S/C20H34O4/c1-7-12(2)16(22)17(23)20(24)13(3)8-9-14-18(4,5)11-10-15(21)19(14,20)6/h12-15,21,24H,7-11H2,1-6H3/t12-,13+,14+,15+,19-,20+/m1/s1. The third kappa shape index (κ3) is 2.48. The van der Waals surface area contributed by atoms with Gasteiger partial charge in [0.2, 0.25) is 11.6 Å². The first-order chi connectivity index (χ1) is 10.9. The van der Waals surface area contributed by atoms with E-state index in [2.05, 4.69) is 13.8 Å². The molecule has 0 bridgehead atoms. The van der Waals surface area contributed by atoms with Crippen molar-refractivity contribution in [1.82, 2.24) is 0 Å². The Bertz CT molecular complexity index is 526. The molecule has 2 aliphatic carbocycles. The Hall–Kier alpha value is -0.740. The second-order valence-electron chi connectivity index (χ2n) is 9.13. The Balaban J connectivity index is 2.56. The average Bonchev–Trinajstić information content (AvgIpc) is 2.53. The first kappa shape index (κ1) is 19.6. The average molecular weight is 338 g/mol. The molecular weight excluding hydrogens is 304 g/mol. The fourth-order valence-corrected chi connectivity index (χ4v) is 5.46. The lowest BCUT2D eigenvalue weighted by Gasteiger charge is -2.63. The highest BCUT2D eigenvalue weighted by molar-refractivity contribution is 6.41. The van der Waals surface area contributed by atoms with Crippen LogP contribution in [0.4, 0.5) is 0 Å². The number of Topliss-reactive ketones (excluding diaryl/α,β-unsaturated/α-hetero) is 2. The zero-order valence-electron chi connectivity index (χ0n) is 16.1. The molecule has 0 unspecified atom stereocenters. The van der Waals surface area contributed by atoms with Crippen molar-refractivity contribution in [3.8, 4) is 0 Å². The second kappa shape index (κ2) is 6.21. The third-order valence-electron chi connectivity index (χ3n) is 7.47. The van der Waals surface area contributed by atoms with E-state index in [0.717, 1.165) is 12.8 Å². The lowest BCUT2D eigenvalue weighted by Crippen LogP contribution is -2.71. The molecule has 2 N–H and O–H groups in total. The summed E-state index contributed by atoms with van der Waals surface area (Å²) >= 11 is 0. The van der Waals surface area contributed by atoms with Crippen molar-refractivity contribution in [1.29, 1.82) is 0 Å². The highest BCUT2D eigenvalue weighted by Crippen LogP contribution is 2.62. The van der Waals surface area contributed by atoms with Crippen LogP contribution in [0.25, 0.3) is 0 Å². The van der Waals surface area contributed by atoms with Gasteiger partial charge >= 0.3 is 0 Å². The van der Waals surface area contributed by atoms with Crippen molar-refractivity contribution < 1.29 is 19.8 Å². The molecule has 0 aliphatic heterocycles. The molecule has 2 fully saturated rings. The van der Waals surface area contributed by atoms with Crippen LogP contribution in [0, 0.1) is 28.6 Å². The van der Waals surface area contributed by atoms with Gasteiger partial charge in [0, 0.05) is 11.3 Å². The SMILES string of the molecule is CC[C@@H](C)C(=O)C(=O)[C@@]1(O)[C@@H](C)CC[C@H]2C(C)(C)CC[C@H](O)[C@@]21C. The van der Waals surface area contributed by atoms with E-state index in [4.69, 9.17) is 0 Å². The smallest absolute Gasteiger partial charge is 0.231 e. The summed E-state index contributed by atoms with van der Waals surface area (Å²) in [6.45, 7) is 11.6. The molecule has 0 radical (unpaired) electrons. The van der Waals surface area contributed by atoms with Gasteiger partial charge in [-0.05, 0) is 49.4 Å². The molecule has 0 spiro atoms. The molecule has 4 heteroatoms. The molecule has 0 aromatic heterocycles. The van der Waals surface area contributed by atoms with Gasteiger partial charge in [-0.15, -0.1) is 0 Å². The lowest BCUT2D eigenvalue weighted by atomic mass is 9.43. The van der Waals surface area contributed by atoms with Crippen molar-refractivity contribution in [3.05, 3.63) is 0 Å². The maximum absolute atomic E-state index is 13.1. The maximum Gasteiger partial charge on any atom is 0.231 e. The van der Waals surface area contributed by atoms with Crippen LogP contribution < -0.4 is 0 Å². The number of rotatable bonds is 4. The van der Waals surface area contributed by atoms with Crippen LogP contribution in [0.5, 0.6) is 0 Å². The first-order valence-electron chi connectivity index (χ1n) is 9.43. The monoisotopic (exact) mass is 338 g/mol. The molecule has 2 aliphatic rings. The highest BCUT2D eigenvalue weighted by atomic mass is 16.3. The summed E-state index contributed by atoms with van der Waals surface area (Å²) in [5, 5.41) is 22.5. The van der Waals surface area contributed by atoms with E-state index in [1.54, 1.807) is 6.92 Å². The quantitative estimate of drug-likeness (QED) is 0.772. The molecule has 24 heavy (non-hydrogen) atoms. The minimum absolute atomic E-state index is 0.0173. The Labute approximate surface area is 146 Å². The van der Waals surface area contributed by atoms with Gasteiger partial charge in [-0.25, -0.2) is 0 Å². The Morgan fingerprint density at radius 1 is 1.17 bits per heavy atom. The minimum Gasteiger partial charge on any atom is -0.392 e. The van der Waals surface area contributed by atoms with Gasteiger partial charge in [0.15, 0.2) is 0 Å². The lowest BCUT2D eigenvalue weighted by molar-refractivity contribution is -0.241. The molecule has 0 amide bonds. The summed E-state index contributed by atoms with van der Waals surface area (Å²) in [6.07, 6.45) is 2.80. The molecule has 0 heterocycles. The molecule has 2 saturated carbocycles. The van der Waals surface area contributed by atoms with Gasteiger partial charge in [-0.1, -0.05) is 41.5 Å². The zero-order chi connectivity index (χ0) is 18.5. The van der Waals surface area contributed by atoms with Crippen molar-refractivity contribution >= 4 is 11.6 Å². The molecule has 0 aromatic rings. The van der Waals surface area contributed by atoms with Crippen LogP contribution >= 0.6 is 0 Å². The summed E-state index contributed by atoms with van der Waals surface area (Å²) in [6, 6.07) is 0. The Morgan fingerprint density at radius 3 is 2.29 bits per heavy atom. The largest absolute Gasteiger partial charge is 0.392 e. The molecule has 6 atom stereocenters. The summed E-state index contributed by atoms with van der Waals surface area (Å²) in [5.74, 6) is -1.89. The van der Waals surface area contributed by atoms with Gasteiger partial charge in [0.05, 0.1) is 6.10 Å². The fourth-order valence-electron chi connectivity index (χ4n) is 5.46. The van der Waals surface area contributed by atoms with E-state index in [9.17, 15) is 19.8 Å². The second-order valence-corrected chi connectivity index (χ2v) is 9.13. The number of fused-ring (bicyclic) bond motifs is 1. The van der Waals surface area contributed by atoms with Crippen molar-refractivity contribution in [2.75, 3.05) is 0 Å². The van der Waals surface area contributed by atoms with E-state index >= 15 is 0 Å². The molecule has 0 aromatic carbocycles. The van der Waals surface area contributed by atoms with Crippen LogP contribution in [0.2, 0.25) is 0 Å². The van der Waals surface area contributed by atoms with E-state index in [1.165, 1.54) is 0 Å². The summed E-state index contributed by atoms with van der Waals surface area (Å²) in [5.41, 5.74) is -2.83.